The zero-order chi connectivity index (χ0) is 15.2. The van der Waals surface area contributed by atoms with Crippen molar-refractivity contribution in [3.63, 3.8) is 0 Å². The number of benzene rings is 1. The standard InChI is InChI=1S/C15H23N5O/c1-3-19(4-2)9-10-20-13-8-6-5-7-12(13)17-15(20)11-14(16)18-21/h5-8,21H,3-4,9-11H2,1-2H3,(H2,16,18). The Labute approximate surface area is 124 Å². The van der Waals surface area contributed by atoms with Crippen LogP contribution in [0.2, 0.25) is 0 Å². The molecule has 0 amide bonds. The molecule has 0 aliphatic heterocycles. The number of amidine groups is 1. The lowest BCUT2D eigenvalue weighted by Crippen LogP contribution is -2.28. The highest BCUT2D eigenvalue weighted by Gasteiger charge is 2.12. The molecule has 0 aliphatic rings. The molecule has 6 heteroatoms. The van der Waals surface area contributed by atoms with E-state index < -0.39 is 0 Å². The fourth-order valence-electron chi connectivity index (χ4n) is 2.49. The highest BCUT2D eigenvalue weighted by molar-refractivity contribution is 5.83. The van der Waals surface area contributed by atoms with E-state index in [1.165, 1.54) is 0 Å². The molecular weight excluding hydrogens is 266 g/mol. The summed E-state index contributed by atoms with van der Waals surface area (Å²) in [5, 5.41) is 11.8. The Morgan fingerprint density at radius 3 is 2.71 bits per heavy atom. The maximum atomic E-state index is 8.77. The van der Waals surface area contributed by atoms with Crippen LogP contribution in [-0.2, 0) is 13.0 Å². The first-order valence-corrected chi connectivity index (χ1v) is 7.32. The van der Waals surface area contributed by atoms with Crippen LogP contribution in [0.3, 0.4) is 0 Å². The molecule has 6 nitrogen and oxygen atoms in total. The SMILES string of the molecule is CCN(CC)CCn1c(C/C(N)=N/O)nc2ccccc21. The average molecular weight is 289 g/mol. The zero-order valence-electron chi connectivity index (χ0n) is 12.7. The first kappa shape index (κ1) is 15.3. The van der Waals surface area contributed by atoms with Gasteiger partial charge in [0.25, 0.3) is 0 Å². The van der Waals surface area contributed by atoms with E-state index in [1.54, 1.807) is 0 Å². The van der Waals surface area contributed by atoms with Crippen molar-refractivity contribution in [1.82, 2.24) is 14.5 Å². The molecule has 1 aromatic heterocycles. The van der Waals surface area contributed by atoms with Crippen molar-refractivity contribution < 1.29 is 5.21 Å². The summed E-state index contributed by atoms with van der Waals surface area (Å²) in [6.07, 6.45) is 0.351. The van der Waals surface area contributed by atoms with Gasteiger partial charge in [0.2, 0.25) is 0 Å². The number of aromatic nitrogens is 2. The number of imidazole rings is 1. The predicted octanol–water partition coefficient (Wildman–Crippen LogP) is 1.67. The van der Waals surface area contributed by atoms with E-state index in [0.29, 0.717) is 6.42 Å². The van der Waals surface area contributed by atoms with Gasteiger partial charge in [-0.15, -0.1) is 0 Å². The number of nitrogens with two attached hydrogens (primary N) is 1. The van der Waals surface area contributed by atoms with E-state index in [-0.39, 0.29) is 5.84 Å². The van der Waals surface area contributed by atoms with Crippen molar-refractivity contribution in [3.8, 4) is 0 Å². The van der Waals surface area contributed by atoms with Crippen LogP contribution in [0, 0.1) is 0 Å². The van der Waals surface area contributed by atoms with Gasteiger partial charge in [0, 0.05) is 13.1 Å². The van der Waals surface area contributed by atoms with Crippen molar-refractivity contribution in [1.29, 1.82) is 0 Å². The number of oxime groups is 1. The molecule has 0 radical (unpaired) electrons. The molecule has 0 atom stereocenters. The van der Waals surface area contributed by atoms with Crippen LogP contribution in [0.4, 0.5) is 0 Å². The zero-order valence-corrected chi connectivity index (χ0v) is 12.7. The molecule has 0 aliphatic carbocycles. The number of likely N-dealkylation sites (N-methyl/N-ethyl adjacent to an activating group) is 1. The normalized spacial score (nSPS) is 12.4. The van der Waals surface area contributed by atoms with E-state index in [0.717, 1.165) is 43.0 Å². The largest absolute Gasteiger partial charge is 0.409 e. The summed E-state index contributed by atoms with van der Waals surface area (Å²) in [4.78, 5) is 6.97. The highest BCUT2D eigenvalue weighted by atomic mass is 16.4. The second kappa shape index (κ2) is 7.08. The molecule has 21 heavy (non-hydrogen) atoms. The second-order valence-corrected chi connectivity index (χ2v) is 4.96. The fourth-order valence-corrected chi connectivity index (χ4v) is 2.49. The molecule has 0 fully saturated rings. The lowest BCUT2D eigenvalue weighted by molar-refractivity contribution is 0.290. The third kappa shape index (κ3) is 3.52. The lowest BCUT2D eigenvalue weighted by atomic mass is 10.3. The van der Waals surface area contributed by atoms with Gasteiger partial charge in [-0.05, 0) is 25.2 Å². The topological polar surface area (TPSA) is 79.7 Å². The van der Waals surface area contributed by atoms with Gasteiger partial charge in [0.1, 0.15) is 11.7 Å². The summed E-state index contributed by atoms with van der Waals surface area (Å²) in [7, 11) is 0. The van der Waals surface area contributed by atoms with Crippen LogP contribution in [0.15, 0.2) is 29.4 Å². The fraction of sp³-hybridized carbons (Fsp3) is 0.467. The van der Waals surface area contributed by atoms with E-state index in [4.69, 9.17) is 10.9 Å². The van der Waals surface area contributed by atoms with Crippen molar-refractivity contribution in [2.45, 2.75) is 26.8 Å². The summed E-state index contributed by atoms with van der Waals surface area (Å²) in [6.45, 7) is 8.17. The molecule has 2 aromatic rings. The maximum Gasteiger partial charge on any atom is 0.146 e. The van der Waals surface area contributed by atoms with Crippen molar-refractivity contribution >= 4 is 16.9 Å². The van der Waals surface area contributed by atoms with Crippen LogP contribution in [-0.4, -0.2) is 45.1 Å². The van der Waals surface area contributed by atoms with Crippen molar-refractivity contribution in [2.75, 3.05) is 19.6 Å². The first-order chi connectivity index (χ1) is 10.2. The van der Waals surface area contributed by atoms with Gasteiger partial charge in [-0.3, -0.25) is 0 Å². The quantitative estimate of drug-likeness (QED) is 0.352. The third-order valence-corrected chi connectivity index (χ3v) is 3.74. The summed E-state index contributed by atoms with van der Waals surface area (Å²) in [5.74, 6) is 1.01. The molecule has 0 bridgehead atoms. The van der Waals surface area contributed by atoms with Crippen molar-refractivity contribution in [2.24, 2.45) is 10.9 Å². The first-order valence-electron chi connectivity index (χ1n) is 7.32. The molecule has 0 saturated carbocycles. The third-order valence-electron chi connectivity index (χ3n) is 3.74. The molecule has 0 saturated heterocycles. The summed E-state index contributed by atoms with van der Waals surface area (Å²) in [5.41, 5.74) is 7.67. The van der Waals surface area contributed by atoms with Crippen LogP contribution in [0.1, 0.15) is 19.7 Å². The van der Waals surface area contributed by atoms with Gasteiger partial charge in [-0.2, -0.15) is 0 Å². The Bertz CT molecular complexity index is 616. The Hall–Kier alpha value is -2.08. The summed E-state index contributed by atoms with van der Waals surface area (Å²) >= 11 is 0. The molecule has 0 unspecified atom stereocenters. The molecule has 1 heterocycles. The van der Waals surface area contributed by atoms with Crippen molar-refractivity contribution in [3.05, 3.63) is 30.1 Å². The minimum Gasteiger partial charge on any atom is -0.409 e. The molecule has 0 spiro atoms. The number of fused-ring (bicyclic) bond motifs is 1. The summed E-state index contributed by atoms with van der Waals surface area (Å²) < 4.78 is 2.16. The van der Waals surface area contributed by atoms with E-state index in [2.05, 4.69) is 39.5 Å². The average Bonchev–Trinajstić information content (AvgIpc) is 2.85. The monoisotopic (exact) mass is 289 g/mol. The second-order valence-electron chi connectivity index (χ2n) is 4.96. The molecule has 114 valence electrons. The minimum absolute atomic E-state index is 0.175. The smallest absolute Gasteiger partial charge is 0.146 e. The van der Waals surface area contributed by atoms with E-state index in [1.807, 2.05) is 18.2 Å². The van der Waals surface area contributed by atoms with Gasteiger partial charge in [-0.25, -0.2) is 4.98 Å². The molecule has 1 aromatic carbocycles. The van der Waals surface area contributed by atoms with Gasteiger partial charge in [0.15, 0.2) is 0 Å². The van der Waals surface area contributed by atoms with Gasteiger partial charge >= 0.3 is 0 Å². The molecule has 2 rings (SSSR count). The summed E-state index contributed by atoms with van der Waals surface area (Å²) in [6, 6.07) is 8.02. The van der Waals surface area contributed by atoms with Gasteiger partial charge in [0.05, 0.1) is 17.5 Å². The highest BCUT2D eigenvalue weighted by Crippen LogP contribution is 2.16. The van der Waals surface area contributed by atoms with Crippen LogP contribution in [0.5, 0.6) is 0 Å². The molecule has 3 N–H and O–H groups in total. The minimum atomic E-state index is 0.175. The Morgan fingerprint density at radius 1 is 1.33 bits per heavy atom. The number of hydrogen-bond acceptors (Lipinski definition) is 4. The lowest BCUT2D eigenvalue weighted by Gasteiger charge is -2.19. The number of para-hydroxylation sites is 2. The Morgan fingerprint density at radius 2 is 2.05 bits per heavy atom. The maximum absolute atomic E-state index is 8.77. The van der Waals surface area contributed by atoms with Gasteiger partial charge in [-0.1, -0.05) is 31.1 Å². The number of hydrogen-bond donors (Lipinski definition) is 2. The number of rotatable bonds is 7. The Kier molecular flexibility index (Phi) is 5.16. The molecular formula is C15H23N5O. The van der Waals surface area contributed by atoms with Gasteiger partial charge < -0.3 is 20.4 Å². The van der Waals surface area contributed by atoms with Crippen LogP contribution < -0.4 is 5.73 Å². The van der Waals surface area contributed by atoms with Crippen LogP contribution in [0.25, 0.3) is 11.0 Å². The van der Waals surface area contributed by atoms with Crippen LogP contribution >= 0.6 is 0 Å². The van der Waals surface area contributed by atoms with E-state index >= 15 is 0 Å². The Balaban J connectivity index is 2.31. The predicted molar refractivity (Wildman–Crippen MR) is 84.6 cm³/mol. The van der Waals surface area contributed by atoms with E-state index in [9.17, 15) is 0 Å². The number of nitrogens with zero attached hydrogens (tertiary/aromatic N) is 4.